The van der Waals surface area contributed by atoms with E-state index in [2.05, 4.69) is 56.7 Å². The Labute approximate surface area is 309 Å². The molecule has 0 bridgehead atoms. The van der Waals surface area contributed by atoms with Crippen molar-refractivity contribution in [3.05, 3.63) is 0 Å². The van der Waals surface area contributed by atoms with Crippen molar-refractivity contribution in [2.45, 2.75) is 149 Å². The van der Waals surface area contributed by atoms with Crippen LogP contribution in [-0.4, -0.2) is 103 Å². The van der Waals surface area contributed by atoms with Gasteiger partial charge in [0.1, 0.15) is 6.42 Å². The second-order valence-electron chi connectivity index (χ2n) is 20.2. The topological polar surface area (TPSA) is 74.4 Å². The Hall–Kier alpha value is -1.22. The number of rotatable bonds is 6. The molecule has 1 spiro atoms. The zero-order valence-corrected chi connectivity index (χ0v) is 33.2. The highest BCUT2D eigenvalue weighted by Gasteiger charge is 2.69. The van der Waals surface area contributed by atoms with Crippen molar-refractivity contribution in [1.29, 1.82) is 0 Å². The lowest BCUT2D eigenvalue weighted by Crippen LogP contribution is -2.56. The molecular weight excluding hydrogens is 636 g/mol. The molecule has 0 radical (unpaired) electrons. The number of ether oxygens (including phenoxy) is 2. The summed E-state index contributed by atoms with van der Waals surface area (Å²) >= 11 is 0. The lowest BCUT2D eigenvalue weighted by molar-refractivity contribution is -0.273. The first kappa shape index (κ1) is 36.7. The maximum atomic E-state index is 13.3. The highest BCUT2D eigenvalue weighted by Crippen LogP contribution is 2.71. The fraction of sp³-hybridized carbons (Fsp3) is 0.953. The van der Waals surface area contributed by atoms with Gasteiger partial charge in [-0.1, -0.05) is 41.5 Å². The van der Waals surface area contributed by atoms with Crippen molar-refractivity contribution in [2.24, 2.45) is 58.2 Å². The summed E-state index contributed by atoms with van der Waals surface area (Å²) in [6, 6.07) is 0.787. The van der Waals surface area contributed by atoms with Gasteiger partial charge in [0, 0.05) is 70.2 Å². The van der Waals surface area contributed by atoms with Crippen molar-refractivity contribution in [3.63, 3.8) is 0 Å². The molecule has 4 heterocycles. The lowest BCUT2D eigenvalue weighted by Gasteiger charge is -2.61. The SMILES string of the molecule is CC(C)CN1CCN(C2CCN(C(=O)CC(=O)N[C@H]3CC[C@]4(C)C5CC[C@]6(C)[C@@H]7[C@H](C[C@H]6[C@@H]5CC[C@@H]4C3)O[C@]3(CC[C@@H](C)CO3)[C@H]7C)CC2)CC1. The number of nitrogens with zero attached hydrogens (tertiary/aromatic N) is 3. The molecule has 51 heavy (non-hydrogen) atoms. The van der Waals surface area contributed by atoms with Crippen LogP contribution in [0.3, 0.4) is 0 Å². The second-order valence-corrected chi connectivity index (χ2v) is 20.2. The van der Waals surface area contributed by atoms with Gasteiger partial charge in [0.05, 0.1) is 12.7 Å². The van der Waals surface area contributed by atoms with Crippen LogP contribution in [-0.2, 0) is 19.1 Å². The molecule has 2 amide bonds. The van der Waals surface area contributed by atoms with Gasteiger partial charge in [-0.05, 0) is 123 Å². The predicted octanol–water partition coefficient (Wildman–Crippen LogP) is 6.57. The summed E-state index contributed by atoms with van der Waals surface area (Å²) in [5.41, 5.74) is 0.723. The first-order chi connectivity index (χ1) is 24.4. The molecule has 8 aliphatic rings. The quantitative estimate of drug-likeness (QED) is 0.315. The monoisotopic (exact) mass is 709 g/mol. The van der Waals surface area contributed by atoms with Crippen LogP contribution in [0.15, 0.2) is 0 Å². The molecule has 8 rings (SSSR count). The van der Waals surface area contributed by atoms with E-state index in [1.54, 1.807) is 0 Å². The summed E-state index contributed by atoms with van der Waals surface area (Å²) in [6.45, 7) is 22.9. The molecule has 1 N–H and O–H groups in total. The first-order valence-electron chi connectivity index (χ1n) is 21.7. The number of likely N-dealkylation sites (tertiary alicyclic amines) is 1. The van der Waals surface area contributed by atoms with Gasteiger partial charge in [-0.15, -0.1) is 0 Å². The summed E-state index contributed by atoms with van der Waals surface area (Å²) in [6.07, 6.45) is 14.6. The molecule has 8 heteroatoms. The minimum Gasteiger partial charge on any atom is -0.353 e. The third-order valence-corrected chi connectivity index (χ3v) is 17.0. The average Bonchev–Trinajstić information content (AvgIpc) is 3.55. The van der Waals surface area contributed by atoms with Crippen molar-refractivity contribution in [3.8, 4) is 0 Å². The van der Waals surface area contributed by atoms with Gasteiger partial charge < -0.3 is 24.6 Å². The summed E-state index contributed by atoms with van der Waals surface area (Å²) in [4.78, 5) is 33.7. The predicted molar refractivity (Wildman–Crippen MR) is 201 cm³/mol. The molecule has 1 unspecified atom stereocenters. The van der Waals surface area contributed by atoms with E-state index in [0.29, 0.717) is 46.6 Å². The van der Waals surface area contributed by atoms with Crippen LogP contribution in [0.1, 0.15) is 125 Å². The normalized spacial score (nSPS) is 46.4. The van der Waals surface area contributed by atoms with E-state index in [-0.39, 0.29) is 30.1 Å². The molecule has 4 aliphatic carbocycles. The third-order valence-electron chi connectivity index (χ3n) is 17.0. The Balaban J connectivity index is 0.804. The first-order valence-corrected chi connectivity index (χ1v) is 21.7. The van der Waals surface area contributed by atoms with Crippen LogP contribution in [0.2, 0.25) is 0 Å². The number of amides is 2. The van der Waals surface area contributed by atoms with Crippen molar-refractivity contribution in [2.75, 3.05) is 52.4 Å². The lowest BCUT2D eigenvalue weighted by atomic mass is 9.44. The molecule has 4 aliphatic heterocycles. The molecule has 0 aromatic rings. The smallest absolute Gasteiger partial charge is 0.232 e. The minimum atomic E-state index is -0.330. The Kier molecular flexibility index (Phi) is 10.2. The van der Waals surface area contributed by atoms with Crippen LogP contribution in [0.4, 0.5) is 0 Å². The molecule has 0 aromatic carbocycles. The number of carbonyl (C=O) groups is 2. The van der Waals surface area contributed by atoms with Gasteiger partial charge in [0.2, 0.25) is 11.8 Å². The van der Waals surface area contributed by atoms with Crippen molar-refractivity contribution in [1.82, 2.24) is 20.0 Å². The molecular formula is C43H72N4O4. The van der Waals surface area contributed by atoms with E-state index in [1.807, 2.05) is 4.90 Å². The summed E-state index contributed by atoms with van der Waals surface area (Å²) in [5.74, 6) is 5.12. The van der Waals surface area contributed by atoms with Gasteiger partial charge in [0.25, 0.3) is 0 Å². The summed E-state index contributed by atoms with van der Waals surface area (Å²) in [7, 11) is 0. The number of hydrogen-bond acceptors (Lipinski definition) is 6. The number of piperidine rings is 1. The third kappa shape index (κ3) is 6.64. The zero-order chi connectivity index (χ0) is 35.7. The highest BCUT2D eigenvalue weighted by molar-refractivity contribution is 5.97. The second kappa shape index (κ2) is 14.1. The molecule has 288 valence electrons. The maximum absolute atomic E-state index is 13.3. The standard InChI is InChI=1S/C43H72N4O4/c1-28(2)26-45-19-21-46(22-20-45)33-12-17-47(18-13-33)39(49)25-38(48)44-32-10-14-41(5)31(23-32)7-8-34-35(41)11-15-42(6)36(34)24-37-40(42)30(4)43(51-37)16-9-29(3)27-50-43/h28-37,40H,7-27H2,1-6H3,(H,44,48)/t29-,30+,31-,32+,34-,35?,36+,37+,40+,41+,42+,43-/m1/s1. The Bertz CT molecular complexity index is 1270. The van der Waals surface area contributed by atoms with Crippen LogP contribution >= 0.6 is 0 Å². The number of fused-ring (bicyclic) bond motifs is 7. The van der Waals surface area contributed by atoms with Crippen LogP contribution in [0, 0.1) is 58.2 Å². The van der Waals surface area contributed by atoms with E-state index in [9.17, 15) is 9.59 Å². The summed E-state index contributed by atoms with van der Waals surface area (Å²) < 4.78 is 13.6. The van der Waals surface area contributed by atoms with E-state index >= 15 is 0 Å². The molecule has 12 atom stereocenters. The van der Waals surface area contributed by atoms with E-state index in [1.165, 1.54) is 51.5 Å². The van der Waals surface area contributed by atoms with Gasteiger partial charge in [0.15, 0.2) is 5.79 Å². The molecule has 0 aromatic heterocycles. The Morgan fingerprint density at radius 2 is 1.57 bits per heavy atom. The number of nitrogens with one attached hydrogen (secondary N) is 1. The zero-order valence-electron chi connectivity index (χ0n) is 33.2. The fourth-order valence-corrected chi connectivity index (χ4v) is 14.2. The molecule has 4 saturated carbocycles. The number of hydrogen-bond donors (Lipinski definition) is 1. The van der Waals surface area contributed by atoms with Crippen LogP contribution in [0.25, 0.3) is 0 Å². The number of carbonyl (C=O) groups excluding carboxylic acids is 2. The largest absolute Gasteiger partial charge is 0.353 e. The average molecular weight is 709 g/mol. The van der Waals surface area contributed by atoms with Crippen molar-refractivity contribution >= 4 is 11.8 Å². The van der Waals surface area contributed by atoms with E-state index in [4.69, 9.17) is 9.47 Å². The van der Waals surface area contributed by atoms with E-state index < -0.39 is 0 Å². The Morgan fingerprint density at radius 3 is 2.27 bits per heavy atom. The maximum Gasteiger partial charge on any atom is 0.232 e. The molecule has 8 nitrogen and oxygen atoms in total. The van der Waals surface area contributed by atoms with E-state index in [0.717, 1.165) is 102 Å². The summed E-state index contributed by atoms with van der Waals surface area (Å²) in [5, 5.41) is 3.37. The van der Waals surface area contributed by atoms with Crippen LogP contribution < -0.4 is 5.32 Å². The van der Waals surface area contributed by atoms with Gasteiger partial charge in [-0.3, -0.25) is 14.5 Å². The highest BCUT2D eigenvalue weighted by atomic mass is 16.7. The van der Waals surface area contributed by atoms with Gasteiger partial charge in [-0.25, -0.2) is 0 Å². The van der Waals surface area contributed by atoms with Gasteiger partial charge >= 0.3 is 0 Å². The van der Waals surface area contributed by atoms with Gasteiger partial charge in [-0.2, -0.15) is 0 Å². The molecule has 4 saturated heterocycles. The van der Waals surface area contributed by atoms with Crippen molar-refractivity contribution < 1.29 is 19.1 Å². The Morgan fingerprint density at radius 1 is 0.824 bits per heavy atom. The fourth-order valence-electron chi connectivity index (χ4n) is 14.2. The minimum absolute atomic E-state index is 0.0100. The number of piperazine rings is 1. The molecule has 8 fully saturated rings. The van der Waals surface area contributed by atoms with Crippen LogP contribution in [0.5, 0.6) is 0 Å².